The maximum atomic E-state index is 13.1. The van der Waals surface area contributed by atoms with E-state index in [9.17, 15) is 9.18 Å². The summed E-state index contributed by atoms with van der Waals surface area (Å²) in [6.07, 6.45) is -0.545. The summed E-state index contributed by atoms with van der Waals surface area (Å²) < 4.78 is 17.9. The second-order valence-electron chi connectivity index (χ2n) is 5.90. The lowest BCUT2D eigenvalue weighted by Crippen LogP contribution is -2.36. The van der Waals surface area contributed by atoms with Crippen molar-refractivity contribution < 1.29 is 13.9 Å². The van der Waals surface area contributed by atoms with Gasteiger partial charge < -0.3 is 15.8 Å². The Morgan fingerprint density at radius 1 is 1.25 bits per heavy atom. The minimum atomic E-state index is -0.545. The summed E-state index contributed by atoms with van der Waals surface area (Å²) in [5.41, 5.74) is 8.62. The van der Waals surface area contributed by atoms with E-state index in [1.807, 2.05) is 21.8 Å². The van der Waals surface area contributed by atoms with Gasteiger partial charge in [-0.05, 0) is 48.2 Å². The van der Waals surface area contributed by atoms with Gasteiger partial charge in [0.05, 0.1) is 18.0 Å². The molecule has 0 fully saturated rings. The molecule has 2 aromatic carbocycles. The number of benzene rings is 2. The van der Waals surface area contributed by atoms with E-state index in [1.54, 1.807) is 31.2 Å². The summed E-state index contributed by atoms with van der Waals surface area (Å²) in [5, 5.41) is 5.52. The topological polar surface area (TPSA) is 76.4 Å². The highest BCUT2D eigenvalue weighted by Gasteiger charge is 2.20. The molecule has 0 spiro atoms. The lowest BCUT2D eigenvalue weighted by molar-refractivity contribution is 0.168. The van der Waals surface area contributed by atoms with Crippen molar-refractivity contribution in [2.45, 2.75) is 12.3 Å². The minimum absolute atomic E-state index is 0.270. The highest BCUT2D eigenvalue weighted by molar-refractivity contribution is 6.41. The van der Waals surface area contributed by atoms with Crippen LogP contribution in [0.25, 0.3) is 0 Å². The molecule has 8 heteroatoms. The first-order chi connectivity index (χ1) is 11.3. The van der Waals surface area contributed by atoms with Crippen molar-refractivity contribution in [1.82, 2.24) is 0 Å². The molecular weight excluding hydrogens is 307 g/mol. The van der Waals surface area contributed by atoms with Crippen LogP contribution < -0.4 is 16.4 Å². The van der Waals surface area contributed by atoms with Gasteiger partial charge in [0.15, 0.2) is 0 Å². The van der Waals surface area contributed by atoms with Gasteiger partial charge >= 0.3 is 6.09 Å². The molecule has 24 heavy (non-hydrogen) atoms. The molecule has 4 N–H and O–H groups in total. The highest BCUT2D eigenvalue weighted by atomic mass is 19.1. The first kappa shape index (κ1) is 17.7. The zero-order valence-electron chi connectivity index (χ0n) is 14.0. The van der Waals surface area contributed by atoms with Gasteiger partial charge in [-0.15, -0.1) is 0 Å². The molecule has 0 atom stereocenters. The van der Waals surface area contributed by atoms with Crippen LogP contribution in [0.2, 0.25) is 0 Å². The number of nitrogen functional groups attached to an aromatic ring is 1. The smallest absolute Gasteiger partial charge is 0.411 e. The van der Waals surface area contributed by atoms with Gasteiger partial charge in [0.2, 0.25) is 0 Å². The first-order valence-corrected chi connectivity index (χ1v) is 7.69. The van der Waals surface area contributed by atoms with Gasteiger partial charge in [-0.2, -0.15) is 0 Å². The molecule has 0 aliphatic carbocycles. The predicted molar refractivity (Wildman–Crippen MR) is 100 cm³/mol. The standard InChI is InChI=1S/C16H20B2FN3O2/c1-2-24-15(23)21-14-8-7-12(9-13(14)20)22-16(17,18)10-3-5-11(19)6-4-10/h3-9,22H,2,17-18,20H2,1H3,(H,21,23). The molecule has 0 saturated heterocycles. The number of anilines is 3. The average Bonchev–Trinajstić information content (AvgIpc) is 2.50. The van der Waals surface area contributed by atoms with Crippen LogP contribution in [-0.2, 0) is 10.1 Å². The molecule has 0 aromatic heterocycles. The van der Waals surface area contributed by atoms with E-state index in [0.29, 0.717) is 11.4 Å². The van der Waals surface area contributed by atoms with Crippen molar-refractivity contribution in [2.75, 3.05) is 23.0 Å². The summed E-state index contributed by atoms with van der Waals surface area (Å²) in [6, 6.07) is 11.6. The number of hydrogen-bond acceptors (Lipinski definition) is 4. The minimum Gasteiger partial charge on any atom is -0.450 e. The number of hydrogen-bond donors (Lipinski definition) is 3. The van der Waals surface area contributed by atoms with E-state index in [4.69, 9.17) is 10.5 Å². The zero-order valence-corrected chi connectivity index (χ0v) is 14.0. The van der Waals surface area contributed by atoms with Crippen LogP contribution in [0.15, 0.2) is 42.5 Å². The Hall–Kier alpha value is -2.63. The highest BCUT2D eigenvalue weighted by Crippen LogP contribution is 2.27. The Balaban J connectivity index is 2.13. The molecular formula is C16H20B2FN3O2. The molecule has 2 aromatic rings. The van der Waals surface area contributed by atoms with Crippen molar-refractivity contribution in [2.24, 2.45) is 0 Å². The number of carbonyl (C=O) groups excluding carboxylic acids is 1. The molecule has 0 bridgehead atoms. The predicted octanol–water partition coefficient (Wildman–Crippen LogP) is 1.46. The molecule has 0 aliphatic rings. The number of carbonyl (C=O) groups is 1. The molecule has 2 rings (SSSR count). The van der Waals surface area contributed by atoms with Gasteiger partial charge in [0.1, 0.15) is 21.5 Å². The quantitative estimate of drug-likeness (QED) is 0.574. The van der Waals surface area contributed by atoms with Gasteiger partial charge in [0.25, 0.3) is 0 Å². The monoisotopic (exact) mass is 327 g/mol. The lowest BCUT2D eigenvalue weighted by atomic mass is 9.58. The van der Waals surface area contributed by atoms with Crippen molar-refractivity contribution in [3.05, 3.63) is 53.8 Å². The fraction of sp³-hybridized carbons (Fsp3) is 0.188. The third-order valence-corrected chi connectivity index (χ3v) is 3.59. The average molecular weight is 327 g/mol. The zero-order chi connectivity index (χ0) is 17.7. The van der Waals surface area contributed by atoms with E-state index in [-0.39, 0.29) is 12.4 Å². The van der Waals surface area contributed by atoms with Crippen molar-refractivity contribution >= 4 is 38.8 Å². The number of amides is 1. The van der Waals surface area contributed by atoms with Crippen LogP contribution in [0.3, 0.4) is 0 Å². The molecule has 5 nitrogen and oxygen atoms in total. The van der Waals surface area contributed by atoms with E-state index in [1.165, 1.54) is 12.1 Å². The maximum Gasteiger partial charge on any atom is 0.411 e. The largest absolute Gasteiger partial charge is 0.450 e. The van der Waals surface area contributed by atoms with Crippen LogP contribution >= 0.6 is 0 Å². The van der Waals surface area contributed by atoms with Crippen molar-refractivity contribution in [3.63, 3.8) is 0 Å². The van der Waals surface area contributed by atoms with E-state index < -0.39 is 11.4 Å². The Kier molecular flexibility index (Phi) is 5.39. The van der Waals surface area contributed by atoms with Crippen molar-refractivity contribution in [1.29, 1.82) is 0 Å². The Labute approximate surface area is 142 Å². The summed E-state index contributed by atoms with van der Waals surface area (Å²) in [7, 11) is 3.97. The normalized spacial score (nSPS) is 10.9. The second kappa shape index (κ2) is 7.29. The molecule has 0 radical (unpaired) electrons. The molecule has 1 amide bonds. The van der Waals surface area contributed by atoms with E-state index in [0.717, 1.165) is 11.3 Å². The lowest BCUT2D eigenvalue weighted by Gasteiger charge is -2.29. The molecule has 0 heterocycles. The third kappa shape index (κ3) is 4.44. The fourth-order valence-electron chi connectivity index (χ4n) is 2.33. The summed E-state index contributed by atoms with van der Waals surface area (Å²) in [4.78, 5) is 11.5. The summed E-state index contributed by atoms with van der Waals surface area (Å²) in [5.74, 6) is -0.270. The van der Waals surface area contributed by atoms with Gasteiger partial charge in [-0.25, -0.2) is 9.18 Å². The van der Waals surface area contributed by atoms with Crippen LogP contribution in [0.1, 0.15) is 12.5 Å². The van der Waals surface area contributed by atoms with Crippen LogP contribution in [0.4, 0.5) is 26.2 Å². The number of ether oxygens (including phenoxy) is 1. The fourth-order valence-corrected chi connectivity index (χ4v) is 2.33. The summed E-state index contributed by atoms with van der Waals surface area (Å²) >= 11 is 0. The molecule has 0 unspecified atom stereocenters. The number of nitrogens with two attached hydrogens (primary N) is 1. The number of rotatable bonds is 5. The van der Waals surface area contributed by atoms with Crippen LogP contribution in [0.5, 0.6) is 0 Å². The Bertz CT molecular complexity index is 724. The van der Waals surface area contributed by atoms with E-state index >= 15 is 0 Å². The van der Waals surface area contributed by atoms with Crippen molar-refractivity contribution in [3.8, 4) is 0 Å². The molecule has 0 aliphatic heterocycles. The van der Waals surface area contributed by atoms with Crippen LogP contribution in [-0.4, -0.2) is 28.4 Å². The number of nitrogens with one attached hydrogen (secondary N) is 2. The summed E-state index contributed by atoms with van der Waals surface area (Å²) in [6.45, 7) is 2.02. The Morgan fingerprint density at radius 2 is 1.92 bits per heavy atom. The first-order valence-electron chi connectivity index (χ1n) is 7.69. The van der Waals surface area contributed by atoms with Gasteiger partial charge in [-0.3, -0.25) is 5.32 Å². The maximum absolute atomic E-state index is 13.1. The van der Waals surface area contributed by atoms with Gasteiger partial charge in [-0.1, -0.05) is 12.1 Å². The van der Waals surface area contributed by atoms with Gasteiger partial charge in [0, 0.05) is 5.69 Å². The molecule has 124 valence electrons. The third-order valence-electron chi connectivity index (χ3n) is 3.59. The molecule has 0 saturated carbocycles. The van der Waals surface area contributed by atoms with Crippen LogP contribution in [0, 0.1) is 5.82 Å². The van der Waals surface area contributed by atoms with E-state index in [2.05, 4.69) is 10.6 Å². The Morgan fingerprint density at radius 3 is 2.50 bits per heavy atom. The number of halogens is 1. The second-order valence-corrected chi connectivity index (χ2v) is 5.90. The SMILES string of the molecule is BC(B)(Nc1ccc(NC(=O)OCC)c(N)c1)c1ccc(F)cc1.